The van der Waals surface area contributed by atoms with Crippen molar-refractivity contribution >= 4 is 23.4 Å². The molecule has 2 aromatic carbocycles. The van der Waals surface area contributed by atoms with Crippen LogP contribution in [0.2, 0.25) is 5.02 Å². The first kappa shape index (κ1) is 18.2. The Bertz CT molecular complexity index is 825. The average Bonchev–Trinajstić information content (AvgIpc) is 2.68. The molecule has 0 fully saturated rings. The predicted molar refractivity (Wildman–Crippen MR) is 106 cm³/mol. The molecule has 6 heteroatoms. The highest BCUT2D eigenvalue weighted by atomic mass is 35.5. The molecule has 5 nitrogen and oxygen atoms in total. The van der Waals surface area contributed by atoms with Crippen LogP contribution in [0.3, 0.4) is 0 Å². The minimum atomic E-state index is 0.132. The first-order valence-electron chi connectivity index (χ1n) is 8.52. The lowest BCUT2D eigenvalue weighted by Gasteiger charge is -2.11. The minimum absolute atomic E-state index is 0.132. The molecule has 0 unspecified atom stereocenters. The van der Waals surface area contributed by atoms with Gasteiger partial charge in [0.1, 0.15) is 5.82 Å². The zero-order valence-electron chi connectivity index (χ0n) is 14.3. The molecule has 0 aliphatic carbocycles. The Morgan fingerprint density at radius 3 is 2.42 bits per heavy atom. The normalized spacial score (nSPS) is 10.5. The van der Waals surface area contributed by atoms with Crippen molar-refractivity contribution < 1.29 is 5.11 Å². The number of halogens is 1. The lowest BCUT2D eigenvalue weighted by Crippen LogP contribution is -2.10. The van der Waals surface area contributed by atoms with Crippen LogP contribution in [-0.4, -0.2) is 28.2 Å². The molecule has 1 aromatic heterocycles. The van der Waals surface area contributed by atoms with E-state index < -0.39 is 0 Å². The average molecular weight is 369 g/mol. The molecule has 0 spiro atoms. The number of aromatic nitrogens is 2. The molecule has 1 heterocycles. The fourth-order valence-electron chi connectivity index (χ4n) is 2.45. The Hall–Kier alpha value is -2.63. The number of aliphatic hydroxyl groups excluding tert-OH is 1. The molecule has 0 atom stereocenters. The summed E-state index contributed by atoms with van der Waals surface area (Å²) in [6.45, 7) is 1.39. The predicted octanol–water partition coefficient (Wildman–Crippen LogP) is 4.20. The van der Waals surface area contributed by atoms with Gasteiger partial charge in [0.25, 0.3) is 0 Å². The van der Waals surface area contributed by atoms with Crippen molar-refractivity contribution in [2.45, 2.75) is 13.0 Å². The number of nitrogens with zero attached hydrogens (tertiary/aromatic N) is 2. The zero-order valence-corrected chi connectivity index (χ0v) is 15.1. The number of hydrogen-bond acceptors (Lipinski definition) is 5. The summed E-state index contributed by atoms with van der Waals surface area (Å²) in [5.74, 6) is 1.28. The lowest BCUT2D eigenvalue weighted by atomic mass is 10.1. The van der Waals surface area contributed by atoms with E-state index in [0.717, 1.165) is 27.7 Å². The van der Waals surface area contributed by atoms with Gasteiger partial charge >= 0.3 is 0 Å². The number of anilines is 2. The van der Waals surface area contributed by atoms with Crippen LogP contribution >= 0.6 is 11.6 Å². The van der Waals surface area contributed by atoms with Gasteiger partial charge in [-0.15, -0.1) is 0 Å². The van der Waals surface area contributed by atoms with Gasteiger partial charge in [0.15, 0.2) is 0 Å². The van der Waals surface area contributed by atoms with Gasteiger partial charge < -0.3 is 15.7 Å². The van der Waals surface area contributed by atoms with Gasteiger partial charge in [-0.25, -0.2) is 4.98 Å². The van der Waals surface area contributed by atoms with E-state index in [1.807, 2.05) is 60.7 Å². The van der Waals surface area contributed by atoms with Gasteiger partial charge in [0, 0.05) is 36.3 Å². The van der Waals surface area contributed by atoms with E-state index in [4.69, 9.17) is 16.7 Å². The second kappa shape index (κ2) is 9.17. The van der Waals surface area contributed by atoms with Gasteiger partial charge in [-0.1, -0.05) is 54.1 Å². The van der Waals surface area contributed by atoms with Crippen molar-refractivity contribution in [2.75, 3.05) is 23.8 Å². The van der Waals surface area contributed by atoms with E-state index >= 15 is 0 Å². The van der Waals surface area contributed by atoms with Crippen LogP contribution in [0.15, 0.2) is 60.7 Å². The molecule has 0 saturated heterocycles. The second-order valence-electron chi connectivity index (χ2n) is 5.81. The number of rotatable bonds is 8. The van der Waals surface area contributed by atoms with Crippen LogP contribution in [0, 0.1) is 0 Å². The number of benzene rings is 2. The maximum Gasteiger partial charge on any atom is 0.225 e. The number of aliphatic hydroxyl groups is 1. The summed E-state index contributed by atoms with van der Waals surface area (Å²) >= 11 is 5.93. The summed E-state index contributed by atoms with van der Waals surface area (Å²) in [7, 11) is 0. The highest BCUT2D eigenvalue weighted by molar-refractivity contribution is 6.30. The molecule has 26 heavy (non-hydrogen) atoms. The highest BCUT2D eigenvalue weighted by Crippen LogP contribution is 2.22. The second-order valence-corrected chi connectivity index (χ2v) is 6.25. The third-order valence-corrected chi connectivity index (χ3v) is 4.05. The minimum Gasteiger partial charge on any atom is -0.396 e. The van der Waals surface area contributed by atoms with E-state index in [2.05, 4.69) is 20.6 Å². The zero-order chi connectivity index (χ0) is 18.2. The van der Waals surface area contributed by atoms with E-state index in [0.29, 0.717) is 25.5 Å². The van der Waals surface area contributed by atoms with Crippen LogP contribution in [0.1, 0.15) is 12.0 Å². The highest BCUT2D eigenvalue weighted by Gasteiger charge is 2.07. The fraction of sp³-hybridized carbons (Fsp3) is 0.200. The van der Waals surface area contributed by atoms with Crippen LogP contribution in [0.4, 0.5) is 11.8 Å². The van der Waals surface area contributed by atoms with Crippen molar-refractivity contribution in [3.63, 3.8) is 0 Å². The molecule has 0 amide bonds. The van der Waals surface area contributed by atoms with Crippen LogP contribution in [-0.2, 0) is 6.54 Å². The van der Waals surface area contributed by atoms with Crippen molar-refractivity contribution in [3.05, 3.63) is 71.2 Å². The van der Waals surface area contributed by atoms with Gasteiger partial charge in [0.05, 0.1) is 5.69 Å². The maximum absolute atomic E-state index is 8.96. The fourth-order valence-corrected chi connectivity index (χ4v) is 2.57. The topological polar surface area (TPSA) is 70.1 Å². The number of nitrogens with one attached hydrogen (secondary N) is 2. The maximum atomic E-state index is 8.96. The summed E-state index contributed by atoms with van der Waals surface area (Å²) in [5, 5.41) is 16.2. The van der Waals surface area contributed by atoms with Crippen molar-refractivity contribution in [1.82, 2.24) is 9.97 Å². The molecule has 0 bridgehead atoms. The Kier molecular flexibility index (Phi) is 6.41. The molecule has 0 radical (unpaired) electrons. The van der Waals surface area contributed by atoms with E-state index in [-0.39, 0.29) is 6.61 Å². The van der Waals surface area contributed by atoms with Crippen LogP contribution in [0.25, 0.3) is 11.3 Å². The summed E-state index contributed by atoms with van der Waals surface area (Å²) in [6.07, 6.45) is 0.645. The molecule has 0 saturated carbocycles. The van der Waals surface area contributed by atoms with E-state index in [1.54, 1.807) is 0 Å². The molecule has 134 valence electrons. The van der Waals surface area contributed by atoms with Crippen LogP contribution in [0.5, 0.6) is 0 Å². The smallest absolute Gasteiger partial charge is 0.225 e. The Balaban J connectivity index is 1.80. The quantitative estimate of drug-likeness (QED) is 0.520. The van der Waals surface area contributed by atoms with Gasteiger partial charge in [0.2, 0.25) is 5.95 Å². The molecular weight excluding hydrogens is 348 g/mol. The summed E-state index contributed by atoms with van der Waals surface area (Å²) in [5.41, 5.74) is 2.98. The van der Waals surface area contributed by atoms with Crippen molar-refractivity contribution in [3.8, 4) is 11.3 Å². The number of hydrogen-bond donors (Lipinski definition) is 3. The summed E-state index contributed by atoms with van der Waals surface area (Å²) in [4.78, 5) is 9.10. The first-order chi connectivity index (χ1) is 12.7. The Morgan fingerprint density at radius 2 is 1.69 bits per heavy atom. The molecular formula is C20H21ClN4O. The van der Waals surface area contributed by atoms with Gasteiger partial charge in [-0.3, -0.25) is 0 Å². The standard InChI is InChI=1S/C20H21ClN4O/c21-17-9-7-15(8-10-17)14-23-19-13-18(16-5-2-1-3-6-16)24-20(25-19)22-11-4-12-26/h1-3,5-10,13,26H,4,11-12,14H2,(H2,22,23,24,25). The molecule has 3 N–H and O–H groups in total. The van der Waals surface area contributed by atoms with E-state index in [9.17, 15) is 0 Å². The van der Waals surface area contributed by atoms with Crippen molar-refractivity contribution in [2.24, 2.45) is 0 Å². The molecule has 0 aliphatic heterocycles. The Morgan fingerprint density at radius 1 is 0.923 bits per heavy atom. The van der Waals surface area contributed by atoms with Crippen molar-refractivity contribution in [1.29, 1.82) is 0 Å². The monoisotopic (exact) mass is 368 g/mol. The summed E-state index contributed by atoms with van der Waals surface area (Å²) < 4.78 is 0. The third kappa shape index (κ3) is 5.18. The summed E-state index contributed by atoms with van der Waals surface area (Å²) in [6, 6.07) is 19.6. The van der Waals surface area contributed by atoms with Crippen LogP contribution < -0.4 is 10.6 Å². The largest absolute Gasteiger partial charge is 0.396 e. The molecule has 0 aliphatic rings. The first-order valence-corrected chi connectivity index (χ1v) is 8.90. The lowest BCUT2D eigenvalue weighted by molar-refractivity contribution is 0.292. The third-order valence-electron chi connectivity index (χ3n) is 3.80. The molecule has 3 rings (SSSR count). The SMILES string of the molecule is OCCCNc1nc(NCc2ccc(Cl)cc2)cc(-c2ccccc2)n1. The van der Waals surface area contributed by atoms with E-state index in [1.165, 1.54) is 0 Å². The Labute approximate surface area is 158 Å². The van der Waals surface area contributed by atoms with Gasteiger partial charge in [-0.2, -0.15) is 4.98 Å². The molecule has 3 aromatic rings. The van der Waals surface area contributed by atoms with Gasteiger partial charge in [-0.05, 0) is 24.1 Å².